The standard InChI is InChI=1S/C50H29N5/c1-52-35-21-23-43-41-15-4-8-19-47(41)54(49(43)29-35)36-12-10-11-33(27-36)34-25-32(31-51)26-38(28-34)55-48-20-9-5-16-42(48)44-24-22-37(30-50(44)55)53-45-17-6-2-13-39(45)40-14-3-7-18-46(40)53/h2-30H. The molecule has 0 spiro atoms. The van der Waals surface area contributed by atoms with Crippen LogP contribution in [0.25, 0.3) is 98.5 Å². The van der Waals surface area contributed by atoms with Gasteiger partial charge in [0.2, 0.25) is 0 Å². The molecule has 11 rings (SSSR count). The van der Waals surface area contributed by atoms with Gasteiger partial charge in [-0.25, -0.2) is 4.85 Å². The van der Waals surface area contributed by atoms with E-state index in [4.69, 9.17) is 6.57 Å². The molecule has 0 atom stereocenters. The van der Waals surface area contributed by atoms with Crippen molar-refractivity contribution in [1.29, 1.82) is 5.26 Å². The van der Waals surface area contributed by atoms with Crippen molar-refractivity contribution in [3.63, 3.8) is 0 Å². The van der Waals surface area contributed by atoms with E-state index in [1.54, 1.807) is 0 Å². The zero-order valence-corrected chi connectivity index (χ0v) is 29.5. The van der Waals surface area contributed by atoms with Gasteiger partial charge >= 0.3 is 0 Å². The van der Waals surface area contributed by atoms with Crippen LogP contribution >= 0.6 is 0 Å². The van der Waals surface area contributed by atoms with Crippen LogP contribution in [0.1, 0.15) is 5.56 Å². The summed E-state index contributed by atoms with van der Waals surface area (Å²) >= 11 is 0. The molecule has 0 aliphatic rings. The highest BCUT2D eigenvalue weighted by Gasteiger charge is 2.18. The number of nitrogens with zero attached hydrogens (tertiary/aromatic N) is 5. The van der Waals surface area contributed by atoms with Crippen molar-refractivity contribution in [1.82, 2.24) is 13.7 Å². The van der Waals surface area contributed by atoms with E-state index in [1.165, 1.54) is 10.8 Å². The molecule has 0 radical (unpaired) electrons. The normalized spacial score (nSPS) is 11.6. The molecular formula is C50H29N5. The van der Waals surface area contributed by atoms with Gasteiger partial charge in [0.1, 0.15) is 0 Å². The number of aromatic nitrogens is 3. The smallest absolute Gasteiger partial charge is 0.189 e. The lowest BCUT2D eigenvalue weighted by molar-refractivity contribution is 1.15. The Hall–Kier alpha value is -7.86. The zero-order valence-electron chi connectivity index (χ0n) is 29.5. The molecule has 0 unspecified atom stereocenters. The predicted octanol–water partition coefficient (Wildman–Crippen LogP) is 13.1. The van der Waals surface area contributed by atoms with Crippen LogP contribution in [0.3, 0.4) is 0 Å². The largest absolute Gasteiger partial charge is 0.310 e. The second-order valence-corrected chi connectivity index (χ2v) is 14.0. The van der Waals surface area contributed by atoms with E-state index >= 15 is 0 Å². The number of hydrogen-bond acceptors (Lipinski definition) is 1. The lowest BCUT2D eigenvalue weighted by Crippen LogP contribution is -1.98. The molecule has 0 bridgehead atoms. The minimum atomic E-state index is 0.584. The second kappa shape index (κ2) is 11.8. The van der Waals surface area contributed by atoms with E-state index in [-0.39, 0.29) is 0 Å². The first kappa shape index (κ1) is 30.7. The summed E-state index contributed by atoms with van der Waals surface area (Å²) in [5, 5.41) is 17.4. The molecule has 55 heavy (non-hydrogen) atoms. The maximum atomic E-state index is 10.4. The summed E-state index contributed by atoms with van der Waals surface area (Å²) in [6.45, 7) is 7.69. The van der Waals surface area contributed by atoms with Crippen LogP contribution in [0.15, 0.2) is 176 Å². The third-order valence-corrected chi connectivity index (χ3v) is 11.0. The van der Waals surface area contributed by atoms with E-state index in [2.05, 4.69) is 170 Å². The number of nitriles is 1. The van der Waals surface area contributed by atoms with Crippen molar-refractivity contribution in [2.75, 3.05) is 0 Å². The van der Waals surface area contributed by atoms with Gasteiger partial charge < -0.3 is 13.7 Å². The molecule has 0 fully saturated rings. The van der Waals surface area contributed by atoms with Crippen LogP contribution in [0, 0.1) is 17.9 Å². The number of hydrogen-bond donors (Lipinski definition) is 0. The van der Waals surface area contributed by atoms with E-state index in [1.807, 2.05) is 30.3 Å². The van der Waals surface area contributed by atoms with E-state index in [0.29, 0.717) is 11.3 Å². The van der Waals surface area contributed by atoms with Crippen molar-refractivity contribution >= 4 is 71.1 Å². The van der Waals surface area contributed by atoms with Gasteiger partial charge in [0.15, 0.2) is 5.69 Å². The number of fused-ring (bicyclic) bond motifs is 9. The quantitative estimate of drug-likeness (QED) is 0.169. The van der Waals surface area contributed by atoms with E-state index in [9.17, 15) is 5.26 Å². The Bertz CT molecular complexity index is 3420. The molecule has 0 amide bonds. The minimum absolute atomic E-state index is 0.584. The number of para-hydroxylation sites is 4. The maximum absolute atomic E-state index is 10.4. The Kier molecular flexibility index (Phi) is 6.61. The van der Waals surface area contributed by atoms with Crippen LogP contribution in [0.2, 0.25) is 0 Å². The molecule has 0 aliphatic heterocycles. The molecule has 0 saturated heterocycles. The molecule has 5 heteroatoms. The molecule has 8 aromatic carbocycles. The second-order valence-electron chi connectivity index (χ2n) is 14.0. The van der Waals surface area contributed by atoms with Crippen molar-refractivity contribution in [2.24, 2.45) is 0 Å². The Balaban J connectivity index is 1.13. The highest BCUT2D eigenvalue weighted by molar-refractivity contribution is 6.12. The molecule has 5 nitrogen and oxygen atoms in total. The van der Waals surface area contributed by atoms with Gasteiger partial charge in [-0.05, 0) is 83.9 Å². The highest BCUT2D eigenvalue weighted by Crippen LogP contribution is 2.39. The maximum Gasteiger partial charge on any atom is 0.189 e. The van der Waals surface area contributed by atoms with Crippen LogP contribution in [-0.2, 0) is 0 Å². The topological polar surface area (TPSA) is 42.9 Å². The first-order chi connectivity index (χ1) is 27.2. The lowest BCUT2D eigenvalue weighted by atomic mass is 10.0. The predicted molar refractivity (Wildman–Crippen MR) is 226 cm³/mol. The molecule has 3 aromatic heterocycles. The SMILES string of the molecule is [C-]#[N+]c1ccc2c3ccccc3n(-c3cccc(-c4cc(C#N)cc(-n5c6ccccc6c6ccc(-n7c8ccccc8c8ccccc87)cc65)c4)c3)c2c1. The van der Waals surface area contributed by atoms with Crippen LogP contribution in [0.5, 0.6) is 0 Å². The molecule has 0 N–H and O–H groups in total. The molecule has 3 heterocycles. The van der Waals surface area contributed by atoms with Gasteiger partial charge in [-0.3, -0.25) is 0 Å². The lowest BCUT2D eigenvalue weighted by Gasteiger charge is -2.14. The van der Waals surface area contributed by atoms with Gasteiger partial charge in [0, 0.05) is 54.9 Å². The van der Waals surface area contributed by atoms with E-state index in [0.717, 1.165) is 82.8 Å². The number of benzene rings is 8. The summed E-state index contributed by atoms with van der Waals surface area (Å²) in [6.07, 6.45) is 0. The van der Waals surface area contributed by atoms with Crippen LogP contribution in [-0.4, -0.2) is 13.7 Å². The fourth-order valence-electron chi connectivity index (χ4n) is 8.68. The summed E-state index contributed by atoms with van der Waals surface area (Å²) in [6, 6.07) is 63.8. The van der Waals surface area contributed by atoms with Crippen molar-refractivity contribution in [3.8, 4) is 34.3 Å². The Morgan fingerprint density at radius 3 is 1.44 bits per heavy atom. The Labute approximate surface area is 316 Å². The van der Waals surface area contributed by atoms with Gasteiger partial charge in [0.05, 0.1) is 45.8 Å². The van der Waals surface area contributed by atoms with Gasteiger partial charge in [-0.2, -0.15) is 5.26 Å². The third kappa shape index (κ3) is 4.58. The van der Waals surface area contributed by atoms with Crippen molar-refractivity contribution in [3.05, 3.63) is 193 Å². The Morgan fingerprint density at radius 2 is 0.855 bits per heavy atom. The molecule has 11 aromatic rings. The summed E-state index contributed by atoms with van der Waals surface area (Å²) in [5.74, 6) is 0. The fourth-order valence-corrected chi connectivity index (χ4v) is 8.68. The van der Waals surface area contributed by atoms with Crippen molar-refractivity contribution < 1.29 is 0 Å². The number of rotatable bonds is 4. The van der Waals surface area contributed by atoms with Gasteiger partial charge in [-0.15, -0.1) is 0 Å². The Morgan fingerprint density at radius 1 is 0.382 bits per heavy atom. The monoisotopic (exact) mass is 699 g/mol. The average molecular weight is 700 g/mol. The fraction of sp³-hybridized carbons (Fsp3) is 0. The van der Waals surface area contributed by atoms with Crippen LogP contribution < -0.4 is 0 Å². The van der Waals surface area contributed by atoms with Gasteiger partial charge in [-0.1, -0.05) is 103 Å². The van der Waals surface area contributed by atoms with Gasteiger partial charge in [0.25, 0.3) is 0 Å². The summed E-state index contributed by atoms with van der Waals surface area (Å²) in [5.41, 5.74) is 12.6. The molecule has 0 aliphatic carbocycles. The highest BCUT2D eigenvalue weighted by atomic mass is 15.0. The summed E-state index contributed by atoms with van der Waals surface area (Å²) < 4.78 is 6.89. The van der Waals surface area contributed by atoms with Crippen molar-refractivity contribution in [2.45, 2.75) is 0 Å². The molecule has 254 valence electrons. The van der Waals surface area contributed by atoms with E-state index < -0.39 is 0 Å². The molecular weight excluding hydrogens is 671 g/mol. The minimum Gasteiger partial charge on any atom is -0.310 e. The van der Waals surface area contributed by atoms with Crippen LogP contribution in [0.4, 0.5) is 5.69 Å². The summed E-state index contributed by atoms with van der Waals surface area (Å²) in [7, 11) is 0. The summed E-state index contributed by atoms with van der Waals surface area (Å²) in [4.78, 5) is 3.74. The first-order valence-electron chi connectivity index (χ1n) is 18.3. The molecule has 0 saturated carbocycles. The third-order valence-electron chi connectivity index (χ3n) is 11.0. The average Bonchev–Trinajstić information content (AvgIpc) is 3.88. The zero-order chi connectivity index (χ0) is 36.6. The first-order valence-corrected chi connectivity index (χ1v) is 18.3.